The smallest absolute Gasteiger partial charge is 0.248 e. The van der Waals surface area contributed by atoms with Crippen LogP contribution in [0.5, 0.6) is 0 Å². The summed E-state index contributed by atoms with van der Waals surface area (Å²) in [7, 11) is 0. The zero-order valence-corrected chi connectivity index (χ0v) is 15.8. The van der Waals surface area contributed by atoms with Crippen LogP contribution in [-0.4, -0.2) is 40.3 Å². The number of hydrogen-bond acceptors (Lipinski definition) is 5. The number of rotatable bonds is 4. The fourth-order valence-electron chi connectivity index (χ4n) is 3.47. The Bertz CT molecular complexity index is 544. The lowest BCUT2D eigenvalue weighted by atomic mass is 9.99. The molecule has 1 aromatic rings. The quantitative estimate of drug-likeness (QED) is 0.820. The SMILES string of the molecule is Cl.Cl.N[C@@H]1CCC[C@H]1CC(=O)N1CCCC1C(=O)Nc1nccs1. The van der Waals surface area contributed by atoms with Crippen molar-refractivity contribution in [2.45, 2.75) is 50.6 Å². The minimum atomic E-state index is -0.367. The molecular weight excluding hydrogens is 371 g/mol. The highest BCUT2D eigenvalue weighted by atomic mass is 35.5. The van der Waals surface area contributed by atoms with Crippen molar-refractivity contribution < 1.29 is 9.59 Å². The Morgan fingerprint density at radius 3 is 2.71 bits per heavy atom. The summed E-state index contributed by atoms with van der Waals surface area (Å²) >= 11 is 1.38. The van der Waals surface area contributed by atoms with Gasteiger partial charge in [0, 0.05) is 30.6 Å². The summed E-state index contributed by atoms with van der Waals surface area (Å²) in [6, 6.07) is -0.233. The molecule has 1 aliphatic heterocycles. The molecule has 24 heavy (non-hydrogen) atoms. The maximum absolute atomic E-state index is 12.5. The van der Waals surface area contributed by atoms with Crippen LogP contribution < -0.4 is 11.1 Å². The van der Waals surface area contributed by atoms with E-state index in [4.69, 9.17) is 5.73 Å². The molecule has 0 bridgehead atoms. The van der Waals surface area contributed by atoms with Crippen molar-refractivity contribution in [1.82, 2.24) is 9.88 Å². The van der Waals surface area contributed by atoms with Crippen molar-refractivity contribution in [2.24, 2.45) is 11.7 Å². The molecule has 2 fully saturated rings. The molecule has 3 atom stereocenters. The molecule has 1 aliphatic carbocycles. The highest BCUT2D eigenvalue weighted by molar-refractivity contribution is 7.13. The maximum atomic E-state index is 12.5. The van der Waals surface area contributed by atoms with E-state index in [1.165, 1.54) is 11.3 Å². The standard InChI is InChI=1S/C15H22N4O2S.2ClH/c16-11-4-1-3-10(11)9-13(20)19-7-2-5-12(19)14(21)18-15-17-6-8-22-15;;/h6,8,10-12H,1-5,7,9,16H2,(H,17,18,21);2*1H/t10-,11+,12?;;/m0../s1. The van der Waals surface area contributed by atoms with Gasteiger partial charge in [0.1, 0.15) is 6.04 Å². The van der Waals surface area contributed by atoms with Crippen molar-refractivity contribution in [3.05, 3.63) is 11.6 Å². The van der Waals surface area contributed by atoms with Gasteiger partial charge in [-0.05, 0) is 31.6 Å². The average molecular weight is 395 g/mol. The topological polar surface area (TPSA) is 88.3 Å². The van der Waals surface area contributed by atoms with E-state index in [0.717, 1.165) is 32.1 Å². The zero-order valence-electron chi connectivity index (χ0n) is 13.3. The van der Waals surface area contributed by atoms with Crippen LogP contribution >= 0.6 is 36.2 Å². The molecule has 2 aliphatic rings. The van der Waals surface area contributed by atoms with E-state index in [1.807, 2.05) is 5.38 Å². The Kier molecular flexibility index (Phi) is 8.42. The third-order valence-corrected chi connectivity index (χ3v) is 5.38. The molecule has 1 aromatic heterocycles. The molecule has 1 saturated heterocycles. The maximum Gasteiger partial charge on any atom is 0.248 e. The molecule has 0 spiro atoms. The van der Waals surface area contributed by atoms with Gasteiger partial charge in [0.15, 0.2) is 5.13 Å². The van der Waals surface area contributed by atoms with Gasteiger partial charge in [-0.25, -0.2) is 4.98 Å². The number of halogens is 2. The van der Waals surface area contributed by atoms with Gasteiger partial charge in [-0.2, -0.15) is 0 Å². The number of carbonyl (C=O) groups excluding carboxylic acids is 2. The second kappa shape index (κ2) is 9.56. The molecule has 1 unspecified atom stereocenters. The molecule has 136 valence electrons. The van der Waals surface area contributed by atoms with Gasteiger partial charge in [-0.3, -0.25) is 9.59 Å². The highest BCUT2D eigenvalue weighted by Crippen LogP contribution is 2.29. The Labute approximate surface area is 158 Å². The number of likely N-dealkylation sites (tertiary alicyclic amines) is 1. The molecule has 2 amide bonds. The fraction of sp³-hybridized carbons (Fsp3) is 0.667. The van der Waals surface area contributed by atoms with Gasteiger partial charge in [-0.1, -0.05) is 6.42 Å². The molecule has 6 nitrogen and oxygen atoms in total. The van der Waals surface area contributed by atoms with Gasteiger partial charge < -0.3 is 16.0 Å². The summed E-state index contributed by atoms with van der Waals surface area (Å²) in [5.41, 5.74) is 6.05. The lowest BCUT2D eigenvalue weighted by Gasteiger charge is -2.25. The van der Waals surface area contributed by atoms with E-state index in [-0.39, 0.29) is 54.6 Å². The highest BCUT2D eigenvalue weighted by Gasteiger charge is 2.36. The second-order valence-electron chi connectivity index (χ2n) is 6.13. The Morgan fingerprint density at radius 2 is 2.08 bits per heavy atom. The van der Waals surface area contributed by atoms with Crippen molar-refractivity contribution >= 4 is 53.1 Å². The molecule has 1 saturated carbocycles. The van der Waals surface area contributed by atoms with E-state index in [1.54, 1.807) is 11.1 Å². The zero-order chi connectivity index (χ0) is 15.5. The van der Waals surface area contributed by atoms with Crippen LogP contribution in [-0.2, 0) is 9.59 Å². The van der Waals surface area contributed by atoms with Crippen LogP contribution in [0.2, 0.25) is 0 Å². The number of anilines is 1. The first-order valence-electron chi connectivity index (χ1n) is 7.90. The van der Waals surface area contributed by atoms with E-state index in [2.05, 4.69) is 10.3 Å². The van der Waals surface area contributed by atoms with Crippen LogP contribution in [0, 0.1) is 5.92 Å². The van der Waals surface area contributed by atoms with E-state index in [0.29, 0.717) is 18.1 Å². The van der Waals surface area contributed by atoms with E-state index in [9.17, 15) is 9.59 Å². The first kappa shape index (κ1) is 21.2. The minimum absolute atomic E-state index is 0. The first-order valence-corrected chi connectivity index (χ1v) is 8.78. The predicted molar refractivity (Wildman–Crippen MR) is 99.9 cm³/mol. The fourth-order valence-corrected chi connectivity index (χ4v) is 4.00. The number of nitrogens with two attached hydrogens (primary N) is 1. The lowest BCUT2D eigenvalue weighted by Crippen LogP contribution is -2.44. The number of nitrogens with zero attached hydrogens (tertiary/aromatic N) is 2. The molecule has 2 heterocycles. The molecule has 0 aromatic carbocycles. The number of nitrogens with one attached hydrogen (secondary N) is 1. The Morgan fingerprint density at radius 1 is 1.29 bits per heavy atom. The van der Waals surface area contributed by atoms with E-state index < -0.39 is 0 Å². The predicted octanol–water partition coefficient (Wildman–Crippen LogP) is 2.43. The van der Waals surface area contributed by atoms with Gasteiger partial charge in [-0.15, -0.1) is 36.2 Å². The number of carbonyl (C=O) groups is 2. The van der Waals surface area contributed by atoms with Crippen LogP contribution in [0.4, 0.5) is 5.13 Å². The van der Waals surface area contributed by atoms with Gasteiger partial charge in [0.25, 0.3) is 0 Å². The van der Waals surface area contributed by atoms with Crippen molar-refractivity contribution in [3.63, 3.8) is 0 Å². The number of aromatic nitrogens is 1. The van der Waals surface area contributed by atoms with Gasteiger partial charge in [0.2, 0.25) is 11.8 Å². The molecule has 0 radical (unpaired) electrons. The third kappa shape index (κ3) is 4.81. The number of hydrogen-bond donors (Lipinski definition) is 2. The number of amides is 2. The summed E-state index contributed by atoms with van der Waals surface area (Å²) < 4.78 is 0. The summed E-state index contributed by atoms with van der Waals surface area (Å²) in [5, 5.41) is 5.20. The second-order valence-corrected chi connectivity index (χ2v) is 7.03. The third-order valence-electron chi connectivity index (χ3n) is 4.69. The van der Waals surface area contributed by atoms with Crippen molar-refractivity contribution in [3.8, 4) is 0 Å². The normalized spacial score (nSPS) is 25.7. The van der Waals surface area contributed by atoms with Gasteiger partial charge in [0.05, 0.1) is 0 Å². The van der Waals surface area contributed by atoms with E-state index >= 15 is 0 Å². The van der Waals surface area contributed by atoms with Gasteiger partial charge >= 0.3 is 0 Å². The van der Waals surface area contributed by atoms with Crippen molar-refractivity contribution in [1.29, 1.82) is 0 Å². The summed E-state index contributed by atoms with van der Waals surface area (Å²) in [4.78, 5) is 30.7. The number of thiazole rings is 1. The lowest BCUT2D eigenvalue weighted by molar-refractivity contribution is -0.137. The molecule has 3 rings (SSSR count). The summed E-state index contributed by atoms with van der Waals surface area (Å²) in [6.07, 6.45) is 6.86. The Balaban J connectivity index is 0.00000144. The van der Waals surface area contributed by atoms with Crippen LogP contribution in [0.15, 0.2) is 11.6 Å². The van der Waals surface area contributed by atoms with Crippen LogP contribution in [0.3, 0.4) is 0 Å². The molecule has 9 heteroatoms. The minimum Gasteiger partial charge on any atom is -0.331 e. The van der Waals surface area contributed by atoms with Crippen LogP contribution in [0.1, 0.15) is 38.5 Å². The van der Waals surface area contributed by atoms with Crippen LogP contribution in [0.25, 0.3) is 0 Å². The molecule has 3 N–H and O–H groups in total. The summed E-state index contributed by atoms with van der Waals surface area (Å²) in [6.45, 7) is 0.663. The molecular formula is C15H24Cl2N4O2S. The monoisotopic (exact) mass is 394 g/mol. The Hall–Kier alpha value is -0.890. The largest absolute Gasteiger partial charge is 0.331 e. The average Bonchev–Trinajstić information content (AvgIpc) is 3.21. The first-order chi connectivity index (χ1) is 10.6. The summed E-state index contributed by atoms with van der Waals surface area (Å²) in [5.74, 6) is 0.214. The van der Waals surface area contributed by atoms with Crippen molar-refractivity contribution in [2.75, 3.05) is 11.9 Å².